The molecule has 1 aromatic heterocycles. The van der Waals surface area contributed by atoms with Crippen LogP contribution in [0.3, 0.4) is 0 Å². The fourth-order valence-corrected chi connectivity index (χ4v) is 3.43. The Balaban J connectivity index is 1.54. The molecule has 1 aliphatic heterocycles. The fraction of sp³-hybridized carbons (Fsp3) is 0.400. The summed E-state index contributed by atoms with van der Waals surface area (Å²) in [4.78, 5) is 6.99. The first-order chi connectivity index (χ1) is 12.2. The SMILES string of the molecule is C[C@@H](NC(=S)Nc1ccc(N2CCCCCC2)nc1)c1ccccc1. The molecule has 5 heteroatoms. The monoisotopic (exact) mass is 354 g/mol. The lowest BCUT2D eigenvalue weighted by molar-refractivity contribution is 0.722. The zero-order valence-electron chi connectivity index (χ0n) is 14.7. The fourth-order valence-electron chi connectivity index (χ4n) is 3.14. The van der Waals surface area contributed by atoms with E-state index in [1.165, 1.54) is 31.2 Å². The summed E-state index contributed by atoms with van der Waals surface area (Å²) in [7, 11) is 0. The van der Waals surface area contributed by atoms with E-state index in [2.05, 4.69) is 45.6 Å². The third kappa shape index (κ3) is 5.16. The van der Waals surface area contributed by atoms with E-state index in [0.29, 0.717) is 5.11 Å². The van der Waals surface area contributed by atoms with Crippen molar-refractivity contribution in [2.75, 3.05) is 23.3 Å². The molecule has 0 radical (unpaired) electrons. The predicted molar refractivity (Wildman–Crippen MR) is 109 cm³/mol. The number of pyridine rings is 1. The van der Waals surface area contributed by atoms with Crippen molar-refractivity contribution in [2.45, 2.75) is 38.6 Å². The first kappa shape index (κ1) is 17.7. The molecule has 25 heavy (non-hydrogen) atoms. The van der Waals surface area contributed by atoms with E-state index in [4.69, 9.17) is 12.2 Å². The van der Waals surface area contributed by atoms with Gasteiger partial charge in [0.1, 0.15) is 5.82 Å². The van der Waals surface area contributed by atoms with Crippen molar-refractivity contribution in [1.82, 2.24) is 10.3 Å². The van der Waals surface area contributed by atoms with Crippen LogP contribution >= 0.6 is 12.2 Å². The molecule has 2 N–H and O–H groups in total. The van der Waals surface area contributed by atoms with Gasteiger partial charge in [0, 0.05) is 13.1 Å². The lowest BCUT2D eigenvalue weighted by atomic mass is 10.1. The van der Waals surface area contributed by atoms with Crippen molar-refractivity contribution in [1.29, 1.82) is 0 Å². The summed E-state index contributed by atoms with van der Waals surface area (Å²) in [5, 5.41) is 7.15. The van der Waals surface area contributed by atoms with E-state index >= 15 is 0 Å². The van der Waals surface area contributed by atoms with Gasteiger partial charge in [-0.25, -0.2) is 4.98 Å². The van der Waals surface area contributed by atoms with Gasteiger partial charge in [-0.2, -0.15) is 0 Å². The molecule has 1 atom stereocenters. The quantitative estimate of drug-likeness (QED) is 0.791. The highest BCUT2D eigenvalue weighted by atomic mass is 32.1. The number of benzene rings is 1. The summed E-state index contributed by atoms with van der Waals surface area (Å²) in [6.07, 6.45) is 7.03. The van der Waals surface area contributed by atoms with Crippen molar-refractivity contribution in [3.8, 4) is 0 Å². The van der Waals surface area contributed by atoms with Gasteiger partial charge in [-0.3, -0.25) is 0 Å². The highest BCUT2D eigenvalue weighted by Crippen LogP contribution is 2.19. The molecule has 2 heterocycles. The number of aromatic nitrogens is 1. The van der Waals surface area contributed by atoms with Crippen LogP contribution in [0.4, 0.5) is 11.5 Å². The third-order valence-electron chi connectivity index (χ3n) is 4.58. The minimum absolute atomic E-state index is 0.158. The van der Waals surface area contributed by atoms with Gasteiger partial charge in [-0.15, -0.1) is 0 Å². The smallest absolute Gasteiger partial charge is 0.171 e. The van der Waals surface area contributed by atoms with Crippen LogP contribution in [-0.4, -0.2) is 23.2 Å². The summed E-state index contributed by atoms with van der Waals surface area (Å²) in [5.74, 6) is 1.06. The Morgan fingerprint density at radius 1 is 1.04 bits per heavy atom. The number of hydrogen-bond donors (Lipinski definition) is 2. The highest BCUT2D eigenvalue weighted by molar-refractivity contribution is 7.80. The first-order valence-corrected chi connectivity index (χ1v) is 9.46. The Kier molecular flexibility index (Phi) is 6.23. The van der Waals surface area contributed by atoms with E-state index in [-0.39, 0.29) is 6.04 Å². The summed E-state index contributed by atoms with van der Waals surface area (Å²) in [5.41, 5.74) is 2.12. The molecule has 1 aliphatic rings. The van der Waals surface area contributed by atoms with E-state index in [1.54, 1.807) is 0 Å². The number of rotatable bonds is 4. The zero-order valence-corrected chi connectivity index (χ0v) is 15.6. The number of nitrogens with one attached hydrogen (secondary N) is 2. The van der Waals surface area contributed by atoms with Gasteiger partial charge in [0.15, 0.2) is 5.11 Å². The minimum Gasteiger partial charge on any atom is -0.357 e. The maximum Gasteiger partial charge on any atom is 0.171 e. The minimum atomic E-state index is 0.158. The van der Waals surface area contributed by atoms with Gasteiger partial charge in [0.05, 0.1) is 17.9 Å². The second-order valence-corrected chi connectivity index (χ2v) is 6.95. The lowest BCUT2D eigenvalue weighted by Crippen LogP contribution is -2.31. The van der Waals surface area contributed by atoms with Crippen molar-refractivity contribution >= 4 is 28.8 Å². The van der Waals surface area contributed by atoms with Crippen molar-refractivity contribution < 1.29 is 0 Å². The Hall–Kier alpha value is -2.14. The van der Waals surface area contributed by atoms with Gasteiger partial charge in [0.25, 0.3) is 0 Å². The zero-order chi connectivity index (χ0) is 17.5. The number of thiocarbonyl (C=S) groups is 1. The number of hydrogen-bond acceptors (Lipinski definition) is 3. The van der Waals surface area contributed by atoms with Crippen molar-refractivity contribution in [2.24, 2.45) is 0 Å². The molecule has 4 nitrogen and oxygen atoms in total. The summed E-state index contributed by atoms with van der Waals surface area (Å²) in [6.45, 7) is 4.31. The van der Waals surface area contributed by atoms with E-state index < -0.39 is 0 Å². The number of anilines is 2. The molecule has 0 saturated carbocycles. The average Bonchev–Trinajstić information content (AvgIpc) is 2.92. The molecule has 0 aliphatic carbocycles. The molecule has 0 spiro atoms. The highest BCUT2D eigenvalue weighted by Gasteiger charge is 2.11. The molecule has 1 saturated heterocycles. The summed E-state index contributed by atoms with van der Waals surface area (Å²) in [6, 6.07) is 14.6. The molecule has 2 aromatic rings. The first-order valence-electron chi connectivity index (χ1n) is 9.06. The van der Waals surface area contributed by atoms with E-state index in [9.17, 15) is 0 Å². The molecular formula is C20H26N4S. The Bertz CT molecular complexity index is 664. The standard InChI is InChI=1S/C20H26N4S/c1-16(17-9-5-4-6-10-17)22-20(25)23-18-11-12-19(21-15-18)24-13-7-2-3-8-14-24/h4-6,9-12,15-16H,2-3,7-8,13-14H2,1H3,(H2,22,23,25)/t16-/m1/s1. The van der Waals surface area contributed by atoms with Crippen molar-refractivity contribution in [3.63, 3.8) is 0 Å². The second-order valence-electron chi connectivity index (χ2n) is 6.54. The maximum absolute atomic E-state index is 5.43. The van der Waals surface area contributed by atoms with Crippen molar-refractivity contribution in [3.05, 3.63) is 54.2 Å². The Labute approximate surface area is 155 Å². The van der Waals surface area contributed by atoms with Crippen LogP contribution in [0.15, 0.2) is 48.7 Å². The molecule has 3 rings (SSSR count). The molecule has 0 bridgehead atoms. The predicted octanol–water partition coefficient (Wildman–Crippen LogP) is 4.51. The van der Waals surface area contributed by atoms with Crippen LogP contribution in [0.5, 0.6) is 0 Å². The van der Waals surface area contributed by atoms with Crippen LogP contribution in [0.25, 0.3) is 0 Å². The van der Waals surface area contributed by atoms with Gasteiger partial charge in [0.2, 0.25) is 0 Å². The Morgan fingerprint density at radius 3 is 2.40 bits per heavy atom. The molecule has 0 amide bonds. The maximum atomic E-state index is 5.43. The Morgan fingerprint density at radius 2 is 1.76 bits per heavy atom. The molecule has 1 aromatic carbocycles. The normalized spacial score (nSPS) is 16.0. The second kappa shape index (κ2) is 8.81. The van der Waals surface area contributed by atoms with E-state index in [1.807, 2.05) is 30.5 Å². The molecule has 1 fully saturated rings. The summed E-state index contributed by atoms with van der Waals surface area (Å²) < 4.78 is 0. The van der Waals surface area contributed by atoms with Gasteiger partial charge >= 0.3 is 0 Å². The van der Waals surface area contributed by atoms with E-state index in [0.717, 1.165) is 24.6 Å². The van der Waals surface area contributed by atoms with Gasteiger partial charge in [-0.05, 0) is 49.7 Å². The van der Waals surface area contributed by atoms with Crippen LogP contribution in [0.1, 0.15) is 44.2 Å². The topological polar surface area (TPSA) is 40.2 Å². The summed E-state index contributed by atoms with van der Waals surface area (Å²) >= 11 is 5.43. The molecule has 0 unspecified atom stereocenters. The van der Waals surface area contributed by atoms with Gasteiger partial charge < -0.3 is 15.5 Å². The van der Waals surface area contributed by atoms with Crippen LogP contribution in [0, 0.1) is 0 Å². The third-order valence-corrected chi connectivity index (χ3v) is 4.80. The molecular weight excluding hydrogens is 328 g/mol. The largest absolute Gasteiger partial charge is 0.357 e. The molecule has 132 valence electrons. The lowest BCUT2D eigenvalue weighted by Gasteiger charge is -2.22. The number of nitrogens with zero attached hydrogens (tertiary/aromatic N) is 2. The van der Waals surface area contributed by atoms with Crippen LogP contribution in [0.2, 0.25) is 0 Å². The van der Waals surface area contributed by atoms with Crippen LogP contribution < -0.4 is 15.5 Å². The van der Waals surface area contributed by atoms with Gasteiger partial charge in [-0.1, -0.05) is 43.2 Å². The van der Waals surface area contributed by atoms with Crippen LogP contribution in [-0.2, 0) is 0 Å². The average molecular weight is 355 g/mol.